The Bertz CT molecular complexity index is 387. The molecule has 0 amide bonds. The van der Waals surface area contributed by atoms with Crippen molar-refractivity contribution < 1.29 is 14.7 Å². The normalized spacial score (nSPS) is 15.0. The first-order valence-corrected chi connectivity index (χ1v) is 2.64. The molecule has 0 bridgehead atoms. The van der Waals surface area contributed by atoms with Crippen molar-refractivity contribution in [2.45, 2.75) is 6.92 Å². The van der Waals surface area contributed by atoms with E-state index in [0.29, 0.717) is 0 Å². The second-order valence-corrected chi connectivity index (χ2v) is 1.75. The number of rotatable bonds is 1. The van der Waals surface area contributed by atoms with Gasteiger partial charge in [-0.1, -0.05) is 12.1 Å². The summed E-state index contributed by atoms with van der Waals surface area (Å²) in [6.45, 7) is 1.05. The van der Waals surface area contributed by atoms with Crippen molar-refractivity contribution in [2.75, 3.05) is 0 Å². The molecule has 0 atom stereocenters. The Kier molecular flexibility index (Phi) is 0.854. The van der Waals surface area contributed by atoms with Crippen molar-refractivity contribution in [1.82, 2.24) is 0 Å². The molecule has 0 aliphatic carbocycles. The van der Waals surface area contributed by atoms with Gasteiger partial charge in [0, 0.05) is 0 Å². The molecule has 10 heavy (non-hydrogen) atoms. The van der Waals surface area contributed by atoms with E-state index in [1.54, 1.807) is 0 Å². The van der Waals surface area contributed by atoms with E-state index in [1.165, 1.54) is 0 Å². The molecule has 0 radical (unpaired) electrons. The van der Waals surface area contributed by atoms with E-state index in [9.17, 15) is 9.18 Å². The topological polar surface area (TPSA) is 17.1 Å². The van der Waals surface area contributed by atoms with Gasteiger partial charge >= 0.3 is 0 Å². The number of carbonyl (C=O) groups excluding carboxylic acids is 1. The second kappa shape index (κ2) is 2.60. The first-order valence-electron chi connectivity index (χ1n) is 4.64. The lowest BCUT2D eigenvalue weighted by molar-refractivity contribution is 0.101. The molecule has 0 spiro atoms. The Hall–Kier alpha value is -1.18. The van der Waals surface area contributed by atoms with Crippen LogP contribution in [-0.2, 0) is 0 Å². The number of hydrogen-bond donors (Lipinski definition) is 0. The number of benzene rings is 1. The van der Waals surface area contributed by atoms with Crippen molar-refractivity contribution in [3.05, 3.63) is 35.6 Å². The van der Waals surface area contributed by atoms with Gasteiger partial charge in [-0.25, -0.2) is 4.39 Å². The highest BCUT2D eigenvalue weighted by Crippen LogP contribution is 2.05. The van der Waals surface area contributed by atoms with Crippen LogP contribution in [0.3, 0.4) is 0 Å². The quantitative estimate of drug-likeness (QED) is 0.548. The fraction of sp³-hybridized carbons (Fsp3) is 0.125. The van der Waals surface area contributed by atoms with E-state index in [1.807, 2.05) is 0 Å². The summed E-state index contributed by atoms with van der Waals surface area (Å²) < 4.78 is 41.9. The average molecular weight is 142 g/mol. The molecule has 0 saturated heterocycles. The van der Waals surface area contributed by atoms with Gasteiger partial charge in [0.1, 0.15) is 5.82 Å². The summed E-state index contributed by atoms with van der Waals surface area (Å²) in [7, 11) is 0. The minimum absolute atomic E-state index is 0.587. The molecule has 0 N–H and O–H groups in total. The summed E-state index contributed by atoms with van der Waals surface area (Å²) in [6.07, 6.45) is 0. The number of ketones is 1. The second-order valence-electron chi connectivity index (χ2n) is 1.75. The van der Waals surface area contributed by atoms with Crippen molar-refractivity contribution in [2.24, 2.45) is 0 Å². The molecule has 0 saturated carbocycles. The van der Waals surface area contributed by atoms with Gasteiger partial charge in [-0.15, -0.1) is 0 Å². The van der Waals surface area contributed by atoms with Crippen LogP contribution in [0.1, 0.15) is 22.8 Å². The van der Waals surface area contributed by atoms with Crippen molar-refractivity contribution in [1.29, 1.82) is 0 Å². The molecule has 1 aromatic carbocycles. The summed E-state index contributed by atoms with van der Waals surface area (Å²) >= 11 is 0. The fourth-order valence-electron chi connectivity index (χ4n) is 0.540. The molecule has 1 nitrogen and oxygen atoms in total. The van der Waals surface area contributed by atoms with E-state index in [-0.39, 0.29) is 0 Å². The maximum atomic E-state index is 13.2. The lowest BCUT2D eigenvalue weighted by Gasteiger charge is -1.94. The van der Waals surface area contributed by atoms with Gasteiger partial charge in [-0.3, -0.25) is 4.79 Å². The summed E-state index contributed by atoms with van der Waals surface area (Å²) in [6, 6.07) is -2.70. The van der Waals surface area contributed by atoms with E-state index in [0.717, 1.165) is 6.92 Å². The molecule has 0 aliphatic heterocycles. The number of hydrogen-bond acceptors (Lipinski definition) is 1. The average Bonchev–Trinajstić information content (AvgIpc) is 2.11. The molecular weight excluding hydrogens is 131 g/mol. The molecule has 0 aromatic heterocycles. The number of Topliss-reactive ketones (excluding diaryl/α,β-unsaturated/α-hetero) is 1. The molecule has 0 fully saturated rings. The highest BCUT2D eigenvalue weighted by molar-refractivity contribution is 5.94. The highest BCUT2D eigenvalue weighted by atomic mass is 19.1. The maximum absolute atomic E-state index is 13.2. The van der Waals surface area contributed by atoms with Gasteiger partial charge in [-0.05, 0) is 19.0 Å². The zero-order chi connectivity index (χ0) is 11.0. The van der Waals surface area contributed by atoms with Gasteiger partial charge in [-0.2, -0.15) is 0 Å². The van der Waals surface area contributed by atoms with Crippen LogP contribution in [0.15, 0.2) is 24.2 Å². The minimum Gasteiger partial charge on any atom is -0.294 e. The summed E-state index contributed by atoms with van der Waals surface area (Å²) in [5, 5.41) is 0. The largest absolute Gasteiger partial charge is 0.294 e. The van der Waals surface area contributed by atoms with E-state index < -0.39 is 41.3 Å². The van der Waals surface area contributed by atoms with E-state index in [2.05, 4.69) is 0 Å². The first kappa shape index (κ1) is 3.28. The number of carbonyl (C=O) groups is 1. The molecule has 0 unspecified atom stereocenters. The number of halogens is 1. The lowest BCUT2D eigenvalue weighted by Crippen LogP contribution is -1.94. The lowest BCUT2D eigenvalue weighted by atomic mass is 10.1. The van der Waals surface area contributed by atoms with Crippen LogP contribution in [0.5, 0.6) is 0 Å². The monoisotopic (exact) mass is 142 g/mol. The van der Waals surface area contributed by atoms with Crippen molar-refractivity contribution >= 4 is 5.78 Å². The van der Waals surface area contributed by atoms with E-state index >= 15 is 0 Å². The van der Waals surface area contributed by atoms with Crippen LogP contribution in [-0.4, -0.2) is 5.78 Å². The summed E-state index contributed by atoms with van der Waals surface area (Å²) in [5.74, 6) is -1.90. The SMILES string of the molecule is [2H]c1c([2H])c([2H])c(C(C)=O)c(F)c1[2H]. The molecule has 1 rings (SSSR count). The Morgan fingerprint density at radius 3 is 2.80 bits per heavy atom. The predicted octanol–water partition coefficient (Wildman–Crippen LogP) is 2.03. The summed E-state index contributed by atoms with van der Waals surface area (Å²) in [4.78, 5) is 10.9. The molecule has 1 aromatic rings. The van der Waals surface area contributed by atoms with Gasteiger partial charge in [0.15, 0.2) is 5.78 Å². The minimum atomic E-state index is -1.19. The van der Waals surface area contributed by atoms with Crippen LogP contribution < -0.4 is 0 Å². The Balaban J connectivity index is 3.68. The van der Waals surface area contributed by atoms with Crippen LogP contribution >= 0.6 is 0 Å². The van der Waals surface area contributed by atoms with Gasteiger partial charge in [0.05, 0.1) is 11.0 Å². The standard InChI is InChI=1S/C8H7FO/c1-6(10)7-4-2-3-5-8(7)9/h2-5H,1H3/i2D,3D,4D,5D. The fourth-order valence-corrected chi connectivity index (χ4v) is 0.540. The third-order valence-electron chi connectivity index (χ3n) is 0.994. The van der Waals surface area contributed by atoms with Crippen LogP contribution in [0.25, 0.3) is 0 Å². The van der Waals surface area contributed by atoms with Crippen LogP contribution in [0.4, 0.5) is 4.39 Å². The smallest absolute Gasteiger partial charge is 0.162 e. The maximum Gasteiger partial charge on any atom is 0.162 e. The summed E-state index contributed by atoms with van der Waals surface area (Å²) in [5.41, 5.74) is -0.587. The zero-order valence-electron chi connectivity index (χ0n) is 9.29. The molecule has 0 aliphatic rings. The highest BCUT2D eigenvalue weighted by Gasteiger charge is 2.03. The van der Waals surface area contributed by atoms with Crippen molar-refractivity contribution in [3.63, 3.8) is 0 Å². The van der Waals surface area contributed by atoms with Crippen LogP contribution in [0.2, 0.25) is 0 Å². The third kappa shape index (κ3) is 1.21. The Labute approximate surface area is 64.1 Å². The molecule has 0 heterocycles. The predicted molar refractivity (Wildman–Crippen MR) is 36.4 cm³/mol. The van der Waals surface area contributed by atoms with E-state index in [4.69, 9.17) is 5.48 Å². The van der Waals surface area contributed by atoms with Gasteiger partial charge in [0.25, 0.3) is 0 Å². The Morgan fingerprint density at radius 2 is 2.20 bits per heavy atom. The third-order valence-corrected chi connectivity index (χ3v) is 0.994. The molecular formula is C8H7FO. The van der Waals surface area contributed by atoms with Gasteiger partial charge < -0.3 is 0 Å². The Morgan fingerprint density at radius 1 is 1.60 bits per heavy atom. The zero-order valence-corrected chi connectivity index (χ0v) is 5.29. The first-order chi connectivity index (χ1) is 6.37. The molecule has 52 valence electrons. The molecule has 2 heteroatoms. The van der Waals surface area contributed by atoms with Gasteiger partial charge in [0.2, 0.25) is 0 Å². The van der Waals surface area contributed by atoms with Crippen LogP contribution in [0, 0.1) is 5.82 Å². The van der Waals surface area contributed by atoms with Crippen molar-refractivity contribution in [3.8, 4) is 0 Å².